The molecule has 0 spiro atoms. The smallest absolute Gasteiger partial charge is 0.0972 e. The standard InChI is InChI=1S/C54H33N3/c1-3-15-36(16-4-1)54(37-17-5-2-6-18-37)45-24-12-11-19-38(45)43-28-31-46-44(51(43)54)29-32-47(56-46)49-39-20-7-9-22-41(39)50(42-23-10-8-21-40(42)49)48-30-27-35-26-25-34-14-13-33-55-52(34)53(35)57-48/h1-33H. The van der Waals surface area contributed by atoms with Gasteiger partial charge in [0.15, 0.2) is 0 Å². The van der Waals surface area contributed by atoms with Gasteiger partial charge in [0.1, 0.15) is 0 Å². The van der Waals surface area contributed by atoms with Gasteiger partial charge >= 0.3 is 0 Å². The number of fused-ring (bicyclic) bond motifs is 10. The molecule has 0 fully saturated rings. The van der Waals surface area contributed by atoms with Crippen molar-refractivity contribution in [3.05, 3.63) is 223 Å². The molecule has 0 saturated heterocycles. The number of pyridine rings is 3. The molecular weight excluding hydrogens is 691 g/mol. The molecule has 0 radical (unpaired) electrons. The number of aromatic nitrogens is 3. The lowest BCUT2D eigenvalue weighted by molar-refractivity contribution is 0.775. The van der Waals surface area contributed by atoms with Crippen LogP contribution in [0.2, 0.25) is 0 Å². The zero-order chi connectivity index (χ0) is 37.5. The van der Waals surface area contributed by atoms with Crippen molar-refractivity contribution in [2.24, 2.45) is 0 Å². The van der Waals surface area contributed by atoms with Gasteiger partial charge in [-0.2, -0.15) is 0 Å². The predicted octanol–water partition coefficient (Wildman–Crippen LogP) is 13.3. The van der Waals surface area contributed by atoms with Crippen molar-refractivity contribution >= 4 is 54.3 Å². The van der Waals surface area contributed by atoms with Gasteiger partial charge in [-0.3, -0.25) is 4.98 Å². The highest BCUT2D eigenvalue weighted by atomic mass is 14.8. The summed E-state index contributed by atoms with van der Waals surface area (Å²) in [5.41, 5.74) is 14.0. The monoisotopic (exact) mass is 723 g/mol. The summed E-state index contributed by atoms with van der Waals surface area (Å²) in [5.74, 6) is 0. The summed E-state index contributed by atoms with van der Waals surface area (Å²) >= 11 is 0. The molecular formula is C54H33N3. The second kappa shape index (κ2) is 12.3. The first-order valence-corrected chi connectivity index (χ1v) is 19.5. The van der Waals surface area contributed by atoms with Gasteiger partial charge in [-0.25, -0.2) is 9.97 Å². The molecule has 3 nitrogen and oxygen atoms in total. The average Bonchev–Trinajstić information content (AvgIpc) is 3.60. The molecule has 57 heavy (non-hydrogen) atoms. The predicted molar refractivity (Wildman–Crippen MR) is 236 cm³/mol. The van der Waals surface area contributed by atoms with Crippen LogP contribution >= 0.6 is 0 Å². The largest absolute Gasteiger partial charge is 0.254 e. The van der Waals surface area contributed by atoms with Crippen LogP contribution in [-0.2, 0) is 5.41 Å². The van der Waals surface area contributed by atoms with Gasteiger partial charge in [0.05, 0.1) is 33.4 Å². The van der Waals surface area contributed by atoms with Crippen molar-refractivity contribution in [1.82, 2.24) is 15.0 Å². The minimum absolute atomic E-state index is 0.508. The fraction of sp³-hybridized carbons (Fsp3) is 0.0185. The third-order valence-electron chi connectivity index (χ3n) is 12.2. The molecule has 12 rings (SSSR count). The van der Waals surface area contributed by atoms with Gasteiger partial charge in [0.25, 0.3) is 0 Å². The number of benzene rings is 8. The van der Waals surface area contributed by atoms with E-state index in [0.29, 0.717) is 0 Å². The third kappa shape index (κ3) is 4.51. The molecule has 264 valence electrons. The third-order valence-corrected chi connectivity index (χ3v) is 12.2. The second-order valence-corrected chi connectivity index (χ2v) is 15.0. The summed E-state index contributed by atoms with van der Waals surface area (Å²) in [4.78, 5) is 15.7. The maximum absolute atomic E-state index is 5.59. The van der Waals surface area contributed by atoms with Crippen LogP contribution < -0.4 is 0 Å². The molecule has 3 heterocycles. The minimum Gasteiger partial charge on any atom is -0.254 e. The SMILES string of the molecule is c1ccc(C2(c3ccccc3)c3ccccc3-c3ccc4nc(-c5c6ccccc6c(-c6ccc7ccc8cccnc8c7n6)c6ccccc56)ccc4c32)cc1. The van der Waals surface area contributed by atoms with Crippen LogP contribution in [0, 0.1) is 0 Å². The molecule has 3 heteroatoms. The molecule has 0 saturated carbocycles. The quantitative estimate of drug-likeness (QED) is 0.134. The molecule has 1 aliphatic carbocycles. The number of rotatable bonds is 4. The van der Waals surface area contributed by atoms with Crippen LogP contribution in [0.1, 0.15) is 22.3 Å². The van der Waals surface area contributed by atoms with E-state index in [0.717, 1.165) is 76.8 Å². The molecule has 0 unspecified atom stereocenters. The summed E-state index contributed by atoms with van der Waals surface area (Å²) in [6.07, 6.45) is 1.85. The van der Waals surface area contributed by atoms with Crippen molar-refractivity contribution in [3.63, 3.8) is 0 Å². The Balaban J connectivity index is 1.12. The summed E-state index contributed by atoms with van der Waals surface area (Å²) in [7, 11) is 0. The van der Waals surface area contributed by atoms with E-state index < -0.39 is 5.41 Å². The highest BCUT2D eigenvalue weighted by Crippen LogP contribution is 2.58. The van der Waals surface area contributed by atoms with Crippen LogP contribution in [0.25, 0.3) is 87.9 Å². The van der Waals surface area contributed by atoms with E-state index in [2.05, 4.69) is 188 Å². The first-order chi connectivity index (χ1) is 28.3. The summed E-state index contributed by atoms with van der Waals surface area (Å²) < 4.78 is 0. The first-order valence-electron chi connectivity index (χ1n) is 19.5. The van der Waals surface area contributed by atoms with Crippen molar-refractivity contribution in [2.45, 2.75) is 5.41 Å². The van der Waals surface area contributed by atoms with Gasteiger partial charge in [-0.05, 0) is 79.2 Å². The Morgan fingerprint density at radius 2 is 0.895 bits per heavy atom. The fourth-order valence-electron chi connectivity index (χ4n) is 9.84. The Morgan fingerprint density at radius 3 is 1.56 bits per heavy atom. The van der Waals surface area contributed by atoms with E-state index >= 15 is 0 Å². The van der Waals surface area contributed by atoms with Crippen LogP contribution in [0.15, 0.2) is 200 Å². The summed E-state index contributed by atoms with van der Waals surface area (Å²) in [5, 5.41) is 7.90. The zero-order valence-electron chi connectivity index (χ0n) is 30.9. The van der Waals surface area contributed by atoms with E-state index in [1.165, 1.54) is 33.4 Å². The van der Waals surface area contributed by atoms with E-state index in [1.54, 1.807) is 0 Å². The van der Waals surface area contributed by atoms with Crippen molar-refractivity contribution in [1.29, 1.82) is 0 Å². The van der Waals surface area contributed by atoms with Crippen LogP contribution in [0.3, 0.4) is 0 Å². The summed E-state index contributed by atoms with van der Waals surface area (Å²) in [6.45, 7) is 0. The second-order valence-electron chi connectivity index (χ2n) is 15.0. The van der Waals surface area contributed by atoms with Crippen LogP contribution in [0.5, 0.6) is 0 Å². The number of nitrogens with zero attached hydrogens (tertiary/aromatic N) is 3. The molecule has 0 aliphatic heterocycles. The van der Waals surface area contributed by atoms with E-state index in [1.807, 2.05) is 12.3 Å². The zero-order valence-corrected chi connectivity index (χ0v) is 30.9. The first kappa shape index (κ1) is 31.8. The van der Waals surface area contributed by atoms with Gasteiger partial charge < -0.3 is 0 Å². The normalized spacial score (nSPS) is 13.1. The maximum atomic E-state index is 5.59. The molecule has 0 bridgehead atoms. The van der Waals surface area contributed by atoms with Gasteiger partial charge in [0.2, 0.25) is 0 Å². The van der Waals surface area contributed by atoms with E-state index in [-0.39, 0.29) is 0 Å². The Morgan fingerprint density at radius 1 is 0.351 bits per heavy atom. The Kier molecular flexibility index (Phi) is 6.84. The van der Waals surface area contributed by atoms with Crippen molar-refractivity contribution in [3.8, 4) is 33.6 Å². The van der Waals surface area contributed by atoms with Crippen molar-refractivity contribution in [2.75, 3.05) is 0 Å². The molecule has 11 aromatic rings. The average molecular weight is 724 g/mol. The van der Waals surface area contributed by atoms with Crippen LogP contribution in [0.4, 0.5) is 0 Å². The highest BCUT2D eigenvalue weighted by molar-refractivity contribution is 6.21. The topological polar surface area (TPSA) is 38.7 Å². The van der Waals surface area contributed by atoms with Gasteiger partial charge in [0, 0.05) is 33.5 Å². The lowest BCUT2D eigenvalue weighted by Crippen LogP contribution is -2.28. The fourth-order valence-corrected chi connectivity index (χ4v) is 9.84. The molecule has 0 amide bonds. The molecule has 1 aliphatic rings. The molecule has 3 aromatic heterocycles. The highest BCUT2D eigenvalue weighted by Gasteiger charge is 2.47. The van der Waals surface area contributed by atoms with Gasteiger partial charge in [-0.15, -0.1) is 0 Å². The Hall–Kier alpha value is -7.49. The molecule has 0 N–H and O–H groups in total. The minimum atomic E-state index is -0.508. The lowest BCUT2D eigenvalue weighted by atomic mass is 9.67. The number of hydrogen-bond acceptors (Lipinski definition) is 3. The maximum Gasteiger partial charge on any atom is 0.0972 e. The van der Waals surface area contributed by atoms with Gasteiger partial charge in [-0.1, -0.05) is 170 Å². The Labute approximate surface area is 329 Å². The molecule has 0 atom stereocenters. The molecule has 8 aromatic carbocycles. The van der Waals surface area contributed by atoms with E-state index in [4.69, 9.17) is 15.0 Å². The van der Waals surface area contributed by atoms with Crippen LogP contribution in [-0.4, -0.2) is 15.0 Å². The Bertz CT molecular complexity index is 3310. The van der Waals surface area contributed by atoms with E-state index in [9.17, 15) is 0 Å². The lowest BCUT2D eigenvalue weighted by Gasteiger charge is -2.34. The van der Waals surface area contributed by atoms with Crippen molar-refractivity contribution < 1.29 is 0 Å². The summed E-state index contributed by atoms with van der Waals surface area (Å²) in [6, 6.07) is 70.1. The number of hydrogen-bond donors (Lipinski definition) is 0.